The Morgan fingerprint density at radius 3 is 2.08 bits per heavy atom. The molecule has 7 heteroatoms. The van der Waals surface area contributed by atoms with E-state index in [1.807, 2.05) is 54.6 Å². The highest BCUT2D eigenvalue weighted by atomic mass is 32.2. The zero-order valence-corrected chi connectivity index (χ0v) is 15.4. The van der Waals surface area contributed by atoms with E-state index in [9.17, 15) is 8.42 Å². The van der Waals surface area contributed by atoms with E-state index >= 15 is 0 Å². The molecule has 25 heavy (non-hydrogen) atoms. The van der Waals surface area contributed by atoms with Crippen molar-refractivity contribution < 1.29 is 8.42 Å². The summed E-state index contributed by atoms with van der Waals surface area (Å²) in [6, 6.07) is 18.0. The molecule has 0 aliphatic carbocycles. The summed E-state index contributed by atoms with van der Waals surface area (Å²) < 4.78 is 26.6. The number of hydrogen-bond acceptors (Lipinski definition) is 4. The summed E-state index contributed by atoms with van der Waals surface area (Å²) in [5.41, 5.74) is 3.49. The zero-order valence-electron chi connectivity index (χ0n) is 14.6. The van der Waals surface area contributed by atoms with Crippen LogP contribution < -0.4 is 0 Å². The van der Waals surface area contributed by atoms with Crippen LogP contribution in [0.25, 0.3) is 11.1 Å². The smallest absolute Gasteiger partial charge is 0.189 e. The van der Waals surface area contributed by atoms with Gasteiger partial charge in [-0.25, -0.2) is 0 Å². The van der Waals surface area contributed by atoms with E-state index in [4.69, 9.17) is 0 Å². The molecule has 2 rings (SSSR count). The first-order valence-electron chi connectivity index (χ1n) is 7.71. The lowest BCUT2D eigenvalue weighted by Crippen LogP contribution is -2.36. The summed E-state index contributed by atoms with van der Waals surface area (Å²) in [7, 11) is 0.532. The maximum atomic E-state index is 12.3. The van der Waals surface area contributed by atoms with Gasteiger partial charge in [0.05, 0.1) is 12.7 Å². The van der Waals surface area contributed by atoms with E-state index in [0.29, 0.717) is 12.1 Å². The molecular formula is C18H22N4O2S. The van der Waals surface area contributed by atoms with Crippen LogP contribution in [-0.2, 0) is 16.6 Å². The topological polar surface area (TPSA) is 65.3 Å². The van der Waals surface area contributed by atoms with E-state index in [1.165, 1.54) is 21.1 Å². The number of hydrogen-bond donors (Lipinski definition) is 0. The van der Waals surface area contributed by atoms with Gasteiger partial charge in [0.2, 0.25) is 0 Å². The predicted molar refractivity (Wildman–Crippen MR) is 99.9 cm³/mol. The van der Waals surface area contributed by atoms with Crippen molar-refractivity contribution in [3.63, 3.8) is 0 Å². The minimum absolute atomic E-state index is 0.326. The second-order valence-electron chi connectivity index (χ2n) is 5.63. The molecule has 0 aromatic heterocycles. The third kappa shape index (κ3) is 4.52. The zero-order chi connectivity index (χ0) is 18.4. The van der Waals surface area contributed by atoms with Gasteiger partial charge in [0, 0.05) is 20.5 Å². The summed E-state index contributed by atoms with van der Waals surface area (Å²) in [6.45, 7) is 3.86. The Labute approximate surface area is 149 Å². The first-order chi connectivity index (χ1) is 11.9. The number of nitrogens with zero attached hydrogens (tertiary/aromatic N) is 4. The highest BCUT2D eigenvalue weighted by molar-refractivity contribution is 7.86. The highest BCUT2D eigenvalue weighted by Crippen LogP contribution is 2.22. The average molecular weight is 358 g/mol. The first kappa shape index (κ1) is 18.8. The van der Waals surface area contributed by atoms with Crippen molar-refractivity contribution in [1.82, 2.24) is 8.72 Å². The molecule has 0 aliphatic rings. The van der Waals surface area contributed by atoms with E-state index in [2.05, 4.69) is 16.9 Å². The van der Waals surface area contributed by atoms with E-state index in [-0.39, 0.29) is 0 Å². The minimum Gasteiger partial charge on any atom is -0.189 e. The Kier molecular flexibility index (Phi) is 6.06. The molecule has 0 radical (unpaired) electrons. The number of rotatable bonds is 7. The fourth-order valence-corrected chi connectivity index (χ4v) is 3.12. The molecule has 2 aromatic rings. The summed E-state index contributed by atoms with van der Waals surface area (Å²) in [5, 5.41) is 7.29. The third-order valence-corrected chi connectivity index (χ3v) is 5.28. The molecule has 0 saturated carbocycles. The summed E-state index contributed by atoms with van der Waals surface area (Å²) >= 11 is 0. The SMILES string of the molecule is C=C(Cc1ccc(-c2ccccc2)cc1)N(N=NC)S(=O)(=O)N(C)C. The fourth-order valence-electron chi connectivity index (χ4n) is 2.26. The lowest BCUT2D eigenvalue weighted by Gasteiger charge is -2.23. The molecule has 0 spiro atoms. The van der Waals surface area contributed by atoms with Gasteiger partial charge in [0.15, 0.2) is 0 Å². The normalized spacial score (nSPS) is 11.8. The van der Waals surface area contributed by atoms with Crippen LogP contribution in [0.3, 0.4) is 0 Å². The van der Waals surface area contributed by atoms with Crippen molar-refractivity contribution in [1.29, 1.82) is 0 Å². The summed E-state index contributed by atoms with van der Waals surface area (Å²) in [4.78, 5) is 0. The maximum Gasteiger partial charge on any atom is 0.324 e. The summed E-state index contributed by atoms with van der Waals surface area (Å²) in [6.07, 6.45) is 0.348. The van der Waals surface area contributed by atoms with E-state index in [0.717, 1.165) is 25.4 Å². The Bertz CT molecular complexity index is 844. The van der Waals surface area contributed by atoms with Crippen LogP contribution in [0, 0.1) is 0 Å². The van der Waals surface area contributed by atoms with Crippen LogP contribution in [-0.4, -0.2) is 38.3 Å². The number of benzene rings is 2. The fraction of sp³-hybridized carbons (Fsp3) is 0.222. The molecule has 0 unspecified atom stereocenters. The van der Waals surface area contributed by atoms with Crippen LogP contribution in [0.4, 0.5) is 0 Å². The molecule has 6 nitrogen and oxygen atoms in total. The number of allylic oxidation sites excluding steroid dienone is 1. The molecule has 0 atom stereocenters. The molecule has 0 fully saturated rings. The standard InChI is InChI=1S/C18H22N4O2S/c1-15(22(20-19-2)25(23,24)21(3)4)14-16-10-12-18(13-11-16)17-8-6-5-7-9-17/h5-13H,1,14H2,2-4H3. The first-order valence-corrected chi connectivity index (χ1v) is 9.10. The Balaban J connectivity index is 2.19. The van der Waals surface area contributed by atoms with Gasteiger partial charge in [0.25, 0.3) is 0 Å². The van der Waals surface area contributed by atoms with E-state index in [1.54, 1.807) is 0 Å². The van der Waals surface area contributed by atoms with Crippen molar-refractivity contribution >= 4 is 10.2 Å². The quantitative estimate of drug-likeness (QED) is 0.561. The van der Waals surface area contributed by atoms with Crippen molar-refractivity contribution in [3.8, 4) is 11.1 Å². The van der Waals surface area contributed by atoms with Crippen molar-refractivity contribution in [3.05, 3.63) is 72.4 Å². The maximum absolute atomic E-state index is 12.3. The molecular weight excluding hydrogens is 336 g/mol. The van der Waals surface area contributed by atoms with Crippen LogP contribution in [0.1, 0.15) is 5.56 Å². The van der Waals surface area contributed by atoms with Gasteiger partial charge in [-0.3, -0.25) is 0 Å². The largest absolute Gasteiger partial charge is 0.324 e. The molecule has 2 aromatic carbocycles. The summed E-state index contributed by atoms with van der Waals surface area (Å²) in [5.74, 6) is 0. The van der Waals surface area contributed by atoms with Crippen molar-refractivity contribution in [2.75, 3.05) is 21.1 Å². The molecule has 0 amide bonds. The Hall–Kier alpha value is -2.51. The predicted octanol–water partition coefficient (Wildman–Crippen LogP) is 3.52. The molecule has 0 saturated heterocycles. The van der Waals surface area contributed by atoms with E-state index < -0.39 is 10.2 Å². The molecule has 132 valence electrons. The van der Waals surface area contributed by atoms with Gasteiger partial charge in [-0.05, 0) is 16.7 Å². The molecule has 0 heterocycles. The third-order valence-electron chi connectivity index (χ3n) is 3.59. The molecule has 0 aliphatic heterocycles. The van der Waals surface area contributed by atoms with Gasteiger partial charge in [-0.2, -0.15) is 17.8 Å². The minimum atomic E-state index is -3.76. The van der Waals surface area contributed by atoms with Gasteiger partial charge in [0.1, 0.15) is 0 Å². The van der Waals surface area contributed by atoms with Gasteiger partial charge >= 0.3 is 10.2 Å². The lowest BCUT2D eigenvalue weighted by atomic mass is 10.0. The van der Waals surface area contributed by atoms with Crippen LogP contribution in [0.2, 0.25) is 0 Å². The van der Waals surface area contributed by atoms with Gasteiger partial charge in [-0.1, -0.05) is 66.4 Å². The van der Waals surface area contributed by atoms with Crippen LogP contribution in [0.15, 0.2) is 77.2 Å². The van der Waals surface area contributed by atoms with Crippen LogP contribution >= 0.6 is 0 Å². The van der Waals surface area contributed by atoms with Crippen LogP contribution in [0.5, 0.6) is 0 Å². The second kappa shape index (κ2) is 8.04. The van der Waals surface area contributed by atoms with Crippen molar-refractivity contribution in [2.45, 2.75) is 6.42 Å². The van der Waals surface area contributed by atoms with Gasteiger partial charge in [-0.15, -0.1) is 4.41 Å². The van der Waals surface area contributed by atoms with Crippen molar-refractivity contribution in [2.24, 2.45) is 10.3 Å². The second-order valence-corrected chi connectivity index (χ2v) is 7.60. The average Bonchev–Trinajstić information content (AvgIpc) is 2.60. The Morgan fingerprint density at radius 1 is 1.00 bits per heavy atom. The monoisotopic (exact) mass is 358 g/mol. The highest BCUT2D eigenvalue weighted by Gasteiger charge is 2.26. The van der Waals surface area contributed by atoms with Gasteiger partial charge < -0.3 is 0 Å². The Morgan fingerprint density at radius 2 is 1.56 bits per heavy atom. The lowest BCUT2D eigenvalue weighted by molar-refractivity contribution is 0.416. The molecule has 0 bridgehead atoms. The molecule has 0 N–H and O–H groups in total.